The molecule has 132 valence electrons. The zero-order valence-electron chi connectivity index (χ0n) is 14.9. The first-order chi connectivity index (χ1) is 12.7. The minimum absolute atomic E-state index is 0.00723. The van der Waals surface area contributed by atoms with E-state index >= 15 is 0 Å². The van der Waals surface area contributed by atoms with E-state index in [0.29, 0.717) is 6.42 Å². The lowest BCUT2D eigenvalue weighted by Crippen LogP contribution is -2.24. The van der Waals surface area contributed by atoms with Gasteiger partial charge in [0.05, 0.1) is 19.0 Å². The third-order valence-electron chi connectivity index (χ3n) is 4.94. The lowest BCUT2D eigenvalue weighted by Gasteiger charge is -2.24. The predicted molar refractivity (Wildman–Crippen MR) is 101 cm³/mol. The molecule has 1 aromatic heterocycles. The summed E-state index contributed by atoms with van der Waals surface area (Å²) in [6.07, 6.45) is 3.19. The average molecular weight is 347 g/mol. The SMILES string of the molecule is CCc1ccccc1-n1ncc2c1NC(=O)CC2c1ccc(OC)cc1. The summed E-state index contributed by atoms with van der Waals surface area (Å²) in [5.41, 5.74) is 4.33. The van der Waals surface area contributed by atoms with Crippen LogP contribution in [0.3, 0.4) is 0 Å². The number of ether oxygens (including phenoxy) is 1. The molecule has 0 aliphatic carbocycles. The summed E-state index contributed by atoms with van der Waals surface area (Å²) in [6, 6.07) is 16.0. The van der Waals surface area contributed by atoms with E-state index in [4.69, 9.17) is 4.74 Å². The third-order valence-corrected chi connectivity index (χ3v) is 4.94. The highest BCUT2D eigenvalue weighted by atomic mass is 16.5. The lowest BCUT2D eigenvalue weighted by atomic mass is 9.87. The number of para-hydroxylation sites is 1. The van der Waals surface area contributed by atoms with Crippen molar-refractivity contribution in [1.82, 2.24) is 9.78 Å². The first-order valence-electron chi connectivity index (χ1n) is 8.81. The topological polar surface area (TPSA) is 56.2 Å². The van der Waals surface area contributed by atoms with Crippen molar-refractivity contribution in [3.05, 3.63) is 71.4 Å². The summed E-state index contributed by atoms with van der Waals surface area (Å²) in [5, 5.41) is 7.62. The van der Waals surface area contributed by atoms with Crippen LogP contribution in [-0.2, 0) is 11.2 Å². The number of anilines is 1. The Morgan fingerprint density at radius 3 is 2.69 bits per heavy atom. The summed E-state index contributed by atoms with van der Waals surface area (Å²) in [6.45, 7) is 2.12. The minimum Gasteiger partial charge on any atom is -0.497 e. The van der Waals surface area contributed by atoms with E-state index in [2.05, 4.69) is 23.4 Å². The number of hydrogen-bond donors (Lipinski definition) is 1. The van der Waals surface area contributed by atoms with Gasteiger partial charge < -0.3 is 10.1 Å². The maximum absolute atomic E-state index is 12.4. The molecule has 0 spiro atoms. The molecule has 0 saturated heterocycles. The van der Waals surface area contributed by atoms with Crippen LogP contribution < -0.4 is 10.1 Å². The Hall–Kier alpha value is -3.08. The number of benzene rings is 2. The monoisotopic (exact) mass is 347 g/mol. The number of aryl methyl sites for hydroxylation is 1. The number of carbonyl (C=O) groups excluding carboxylic acids is 1. The van der Waals surface area contributed by atoms with E-state index in [0.717, 1.165) is 34.8 Å². The highest BCUT2D eigenvalue weighted by Crippen LogP contribution is 2.38. The normalized spacial score (nSPS) is 16.1. The Kier molecular flexibility index (Phi) is 4.21. The molecule has 0 bridgehead atoms. The Morgan fingerprint density at radius 2 is 1.96 bits per heavy atom. The largest absolute Gasteiger partial charge is 0.497 e. The molecule has 0 saturated carbocycles. The summed E-state index contributed by atoms with van der Waals surface area (Å²) >= 11 is 0. The molecular weight excluding hydrogens is 326 g/mol. The molecule has 2 heterocycles. The molecule has 1 atom stereocenters. The molecule has 1 unspecified atom stereocenters. The van der Waals surface area contributed by atoms with Crippen LogP contribution in [0.2, 0.25) is 0 Å². The van der Waals surface area contributed by atoms with Gasteiger partial charge in [0.15, 0.2) is 0 Å². The fourth-order valence-corrected chi connectivity index (χ4v) is 3.55. The van der Waals surface area contributed by atoms with Crippen LogP contribution in [0.5, 0.6) is 5.75 Å². The molecule has 5 nitrogen and oxygen atoms in total. The molecule has 1 aliphatic heterocycles. The van der Waals surface area contributed by atoms with Crippen LogP contribution in [0.15, 0.2) is 54.7 Å². The van der Waals surface area contributed by atoms with Gasteiger partial charge in [0.1, 0.15) is 11.6 Å². The first-order valence-corrected chi connectivity index (χ1v) is 8.81. The predicted octanol–water partition coefficient (Wildman–Crippen LogP) is 3.92. The van der Waals surface area contributed by atoms with E-state index in [9.17, 15) is 4.79 Å². The second-order valence-electron chi connectivity index (χ2n) is 6.42. The maximum atomic E-state index is 12.4. The highest BCUT2D eigenvalue weighted by Gasteiger charge is 2.30. The smallest absolute Gasteiger partial charge is 0.226 e. The van der Waals surface area contributed by atoms with Gasteiger partial charge in [0, 0.05) is 17.9 Å². The summed E-state index contributed by atoms with van der Waals surface area (Å²) in [4.78, 5) is 12.4. The lowest BCUT2D eigenvalue weighted by molar-refractivity contribution is -0.116. The van der Waals surface area contributed by atoms with Crippen molar-refractivity contribution in [2.24, 2.45) is 0 Å². The van der Waals surface area contributed by atoms with Gasteiger partial charge in [-0.25, -0.2) is 4.68 Å². The molecule has 2 aromatic carbocycles. The van der Waals surface area contributed by atoms with Gasteiger partial charge in [0.2, 0.25) is 5.91 Å². The van der Waals surface area contributed by atoms with Crippen molar-refractivity contribution < 1.29 is 9.53 Å². The Labute approximate surface area is 152 Å². The number of methoxy groups -OCH3 is 1. The van der Waals surface area contributed by atoms with Crippen molar-refractivity contribution in [1.29, 1.82) is 0 Å². The van der Waals surface area contributed by atoms with Crippen molar-refractivity contribution in [2.75, 3.05) is 12.4 Å². The number of hydrogen-bond acceptors (Lipinski definition) is 3. The van der Waals surface area contributed by atoms with Gasteiger partial charge in [-0.05, 0) is 35.7 Å². The fourth-order valence-electron chi connectivity index (χ4n) is 3.55. The molecule has 26 heavy (non-hydrogen) atoms. The van der Waals surface area contributed by atoms with E-state index in [1.54, 1.807) is 7.11 Å². The molecule has 1 aliphatic rings. The Bertz CT molecular complexity index is 944. The first kappa shape index (κ1) is 16.4. The summed E-state index contributed by atoms with van der Waals surface area (Å²) < 4.78 is 7.09. The second-order valence-corrected chi connectivity index (χ2v) is 6.42. The summed E-state index contributed by atoms with van der Waals surface area (Å²) in [5.74, 6) is 1.58. The van der Waals surface area contributed by atoms with E-state index < -0.39 is 0 Å². The van der Waals surface area contributed by atoms with Crippen molar-refractivity contribution in [2.45, 2.75) is 25.7 Å². The molecule has 1 amide bonds. The van der Waals surface area contributed by atoms with E-state index in [-0.39, 0.29) is 11.8 Å². The van der Waals surface area contributed by atoms with Crippen molar-refractivity contribution >= 4 is 11.7 Å². The van der Waals surface area contributed by atoms with Gasteiger partial charge in [-0.2, -0.15) is 5.10 Å². The Morgan fingerprint density at radius 1 is 1.19 bits per heavy atom. The number of fused-ring (bicyclic) bond motifs is 1. The highest BCUT2D eigenvalue weighted by molar-refractivity contribution is 5.94. The number of nitrogens with one attached hydrogen (secondary N) is 1. The van der Waals surface area contributed by atoms with Crippen LogP contribution in [0.25, 0.3) is 5.69 Å². The molecule has 1 N–H and O–H groups in total. The maximum Gasteiger partial charge on any atom is 0.226 e. The van der Waals surface area contributed by atoms with Gasteiger partial charge in [-0.3, -0.25) is 4.79 Å². The second kappa shape index (κ2) is 6.67. The molecule has 3 aromatic rings. The van der Waals surface area contributed by atoms with E-state index in [1.807, 2.05) is 53.3 Å². The van der Waals surface area contributed by atoms with Gasteiger partial charge in [-0.1, -0.05) is 37.3 Å². The van der Waals surface area contributed by atoms with Crippen molar-refractivity contribution in [3.63, 3.8) is 0 Å². The van der Waals surface area contributed by atoms with Crippen LogP contribution >= 0.6 is 0 Å². The van der Waals surface area contributed by atoms with Crippen molar-refractivity contribution in [3.8, 4) is 11.4 Å². The number of aromatic nitrogens is 2. The fraction of sp³-hybridized carbons (Fsp3) is 0.238. The molecule has 0 radical (unpaired) electrons. The standard InChI is InChI=1S/C21H21N3O2/c1-3-14-6-4-5-7-19(14)24-21-18(13-22-24)17(12-20(25)23-21)15-8-10-16(26-2)11-9-15/h4-11,13,17H,3,12H2,1-2H3,(H,23,25). The van der Waals surface area contributed by atoms with Crippen LogP contribution in [0, 0.1) is 0 Å². The Balaban J connectivity index is 1.80. The quantitative estimate of drug-likeness (QED) is 0.778. The van der Waals surface area contributed by atoms with Crippen LogP contribution in [-0.4, -0.2) is 22.8 Å². The average Bonchev–Trinajstić information content (AvgIpc) is 3.11. The number of amides is 1. The molecular formula is C21H21N3O2. The van der Waals surface area contributed by atoms with Gasteiger partial charge in [0.25, 0.3) is 0 Å². The third kappa shape index (κ3) is 2.75. The number of carbonyl (C=O) groups is 1. The molecule has 5 heteroatoms. The van der Waals surface area contributed by atoms with Gasteiger partial charge in [-0.15, -0.1) is 0 Å². The number of nitrogens with zero attached hydrogens (tertiary/aromatic N) is 2. The number of rotatable bonds is 4. The zero-order chi connectivity index (χ0) is 18.1. The van der Waals surface area contributed by atoms with Crippen LogP contribution in [0.4, 0.5) is 5.82 Å². The van der Waals surface area contributed by atoms with Crippen LogP contribution in [0.1, 0.15) is 36.0 Å². The molecule has 0 fully saturated rings. The zero-order valence-corrected chi connectivity index (χ0v) is 14.9. The summed E-state index contributed by atoms with van der Waals surface area (Å²) in [7, 11) is 1.65. The van der Waals surface area contributed by atoms with E-state index in [1.165, 1.54) is 5.56 Å². The minimum atomic E-state index is -0.00723. The molecule has 4 rings (SSSR count). The van der Waals surface area contributed by atoms with Gasteiger partial charge >= 0.3 is 0 Å².